The van der Waals surface area contributed by atoms with Crippen molar-refractivity contribution in [1.29, 1.82) is 0 Å². The van der Waals surface area contributed by atoms with E-state index in [9.17, 15) is 0 Å². The lowest BCUT2D eigenvalue weighted by Gasteiger charge is -2.23. The van der Waals surface area contributed by atoms with E-state index in [2.05, 4.69) is 10.6 Å². The number of nitrogens with one attached hydrogen (secondary N) is 2. The average molecular weight is 238 g/mol. The van der Waals surface area contributed by atoms with E-state index < -0.39 is 0 Å². The molecule has 0 spiro atoms. The molecule has 1 aromatic heterocycles. The van der Waals surface area contributed by atoms with Crippen molar-refractivity contribution in [2.75, 3.05) is 32.8 Å². The second-order valence-electron chi connectivity index (χ2n) is 4.50. The summed E-state index contributed by atoms with van der Waals surface area (Å²) >= 11 is 0. The van der Waals surface area contributed by atoms with Gasteiger partial charge in [0.15, 0.2) is 0 Å². The molecular formula is C13H22N2O2. The second kappa shape index (κ2) is 6.79. The summed E-state index contributed by atoms with van der Waals surface area (Å²) in [5, 5.41) is 6.76. The van der Waals surface area contributed by atoms with E-state index in [1.807, 2.05) is 19.1 Å². The normalized spacial score (nSPS) is 20.6. The fourth-order valence-corrected chi connectivity index (χ4v) is 2.02. The van der Waals surface area contributed by atoms with Crippen molar-refractivity contribution >= 4 is 0 Å². The van der Waals surface area contributed by atoms with Crippen molar-refractivity contribution in [2.45, 2.75) is 25.9 Å². The highest BCUT2D eigenvalue weighted by Crippen LogP contribution is 2.06. The van der Waals surface area contributed by atoms with Gasteiger partial charge in [0, 0.05) is 26.1 Å². The second-order valence-corrected chi connectivity index (χ2v) is 4.50. The van der Waals surface area contributed by atoms with E-state index in [1.54, 1.807) is 0 Å². The van der Waals surface area contributed by atoms with Gasteiger partial charge in [0.05, 0.1) is 12.7 Å². The predicted octanol–water partition coefficient (Wildman–Crippen LogP) is 1.10. The third-order valence-electron chi connectivity index (χ3n) is 2.99. The maximum atomic E-state index is 5.63. The van der Waals surface area contributed by atoms with Crippen LogP contribution in [0.25, 0.3) is 0 Å². The van der Waals surface area contributed by atoms with Crippen molar-refractivity contribution in [3.05, 3.63) is 23.7 Å². The first kappa shape index (κ1) is 12.6. The summed E-state index contributed by atoms with van der Waals surface area (Å²) < 4.78 is 11.1. The van der Waals surface area contributed by atoms with Crippen molar-refractivity contribution in [1.82, 2.24) is 10.6 Å². The Labute approximate surface area is 103 Å². The van der Waals surface area contributed by atoms with Crippen LogP contribution in [0.4, 0.5) is 0 Å². The van der Waals surface area contributed by atoms with Gasteiger partial charge < -0.3 is 19.8 Å². The molecule has 4 nitrogen and oxygen atoms in total. The van der Waals surface area contributed by atoms with E-state index in [0.717, 1.165) is 57.1 Å². The molecule has 2 N–H and O–H groups in total. The zero-order chi connectivity index (χ0) is 11.9. The Balaban J connectivity index is 1.51. The summed E-state index contributed by atoms with van der Waals surface area (Å²) in [4.78, 5) is 0. The molecule has 0 aromatic carbocycles. The van der Waals surface area contributed by atoms with Crippen molar-refractivity contribution < 1.29 is 9.15 Å². The highest BCUT2D eigenvalue weighted by atomic mass is 16.5. The minimum absolute atomic E-state index is 0.377. The van der Waals surface area contributed by atoms with Crippen LogP contribution in [0.3, 0.4) is 0 Å². The van der Waals surface area contributed by atoms with Crippen LogP contribution in [-0.4, -0.2) is 38.9 Å². The van der Waals surface area contributed by atoms with Gasteiger partial charge in [-0.2, -0.15) is 0 Å². The third kappa shape index (κ3) is 4.50. The van der Waals surface area contributed by atoms with Crippen molar-refractivity contribution in [2.24, 2.45) is 0 Å². The molecular weight excluding hydrogens is 216 g/mol. The predicted molar refractivity (Wildman–Crippen MR) is 67.2 cm³/mol. The molecule has 0 bridgehead atoms. The SMILES string of the molecule is Cc1ccc(CCNCCC2CNCCO2)o1. The number of furan rings is 1. The number of morpholine rings is 1. The van der Waals surface area contributed by atoms with E-state index in [1.165, 1.54) is 0 Å². The van der Waals surface area contributed by atoms with Crippen molar-refractivity contribution in [3.63, 3.8) is 0 Å². The molecule has 1 aliphatic rings. The van der Waals surface area contributed by atoms with Gasteiger partial charge in [-0.15, -0.1) is 0 Å². The molecule has 1 aromatic rings. The number of ether oxygens (including phenoxy) is 1. The first-order valence-electron chi connectivity index (χ1n) is 6.43. The van der Waals surface area contributed by atoms with Gasteiger partial charge in [-0.3, -0.25) is 0 Å². The van der Waals surface area contributed by atoms with Gasteiger partial charge in [-0.25, -0.2) is 0 Å². The zero-order valence-electron chi connectivity index (χ0n) is 10.5. The topological polar surface area (TPSA) is 46.4 Å². The van der Waals surface area contributed by atoms with Gasteiger partial charge in [0.2, 0.25) is 0 Å². The monoisotopic (exact) mass is 238 g/mol. The average Bonchev–Trinajstić information content (AvgIpc) is 2.76. The fraction of sp³-hybridized carbons (Fsp3) is 0.692. The maximum Gasteiger partial charge on any atom is 0.105 e. The highest BCUT2D eigenvalue weighted by Gasteiger charge is 2.12. The minimum atomic E-state index is 0.377. The molecule has 17 heavy (non-hydrogen) atoms. The molecule has 4 heteroatoms. The standard InChI is InChI=1S/C13H22N2O2/c1-11-2-3-12(17-11)4-6-14-7-5-13-10-15-8-9-16-13/h2-3,13-15H,4-10H2,1H3. The van der Waals surface area contributed by atoms with E-state index in [0.29, 0.717) is 6.10 Å². The molecule has 2 rings (SSSR count). The van der Waals surface area contributed by atoms with Gasteiger partial charge in [-0.05, 0) is 32.0 Å². The van der Waals surface area contributed by atoms with Crippen molar-refractivity contribution in [3.8, 4) is 0 Å². The fourth-order valence-electron chi connectivity index (χ4n) is 2.02. The summed E-state index contributed by atoms with van der Waals surface area (Å²) in [6.45, 7) is 6.76. The Morgan fingerprint density at radius 3 is 3.06 bits per heavy atom. The maximum absolute atomic E-state index is 5.63. The Kier molecular flexibility index (Phi) is 5.04. The van der Waals surface area contributed by atoms with Gasteiger partial charge in [0.1, 0.15) is 11.5 Å². The summed E-state index contributed by atoms with van der Waals surface area (Å²) in [7, 11) is 0. The van der Waals surface area contributed by atoms with Crippen LogP contribution in [-0.2, 0) is 11.2 Å². The van der Waals surface area contributed by atoms with Gasteiger partial charge in [0.25, 0.3) is 0 Å². The Morgan fingerprint density at radius 1 is 1.41 bits per heavy atom. The summed E-state index contributed by atoms with van der Waals surface area (Å²) in [5.74, 6) is 2.05. The smallest absolute Gasteiger partial charge is 0.105 e. The van der Waals surface area contributed by atoms with Crippen LogP contribution >= 0.6 is 0 Å². The number of hydrogen-bond acceptors (Lipinski definition) is 4. The molecule has 1 atom stereocenters. The van der Waals surface area contributed by atoms with Crippen LogP contribution < -0.4 is 10.6 Å². The lowest BCUT2D eigenvalue weighted by molar-refractivity contribution is 0.0239. The van der Waals surface area contributed by atoms with Gasteiger partial charge >= 0.3 is 0 Å². The van der Waals surface area contributed by atoms with E-state index in [4.69, 9.17) is 9.15 Å². The van der Waals surface area contributed by atoms with E-state index in [-0.39, 0.29) is 0 Å². The van der Waals surface area contributed by atoms with Crippen LogP contribution in [0.2, 0.25) is 0 Å². The third-order valence-corrected chi connectivity index (χ3v) is 2.99. The molecule has 1 fully saturated rings. The van der Waals surface area contributed by atoms with Crippen LogP contribution in [0, 0.1) is 6.92 Å². The molecule has 0 aliphatic carbocycles. The lowest BCUT2D eigenvalue weighted by atomic mass is 10.2. The Morgan fingerprint density at radius 2 is 2.35 bits per heavy atom. The molecule has 96 valence electrons. The molecule has 0 amide bonds. The summed E-state index contributed by atoms with van der Waals surface area (Å²) in [6, 6.07) is 4.06. The molecule has 1 aliphatic heterocycles. The van der Waals surface area contributed by atoms with Crippen LogP contribution in [0.15, 0.2) is 16.5 Å². The largest absolute Gasteiger partial charge is 0.466 e. The van der Waals surface area contributed by atoms with Crippen LogP contribution in [0.5, 0.6) is 0 Å². The number of aryl methyl sites for hydroxylation is 1. The van der Waals surface area contributed by atoms with Gasteiger partial charge in [-0.1, -0.05) is 0 Å². The zero-order valence-corrected chi connectivity index (χ0v) is 10.5. The minimum Gasteiger partial charge on any atom is -0.466 e. The first-order chi connectivity index (χ1) is 8.34. The first-order valence-corrected chi connectivity index (χ1v) is 6.43. The lowest BCUT2D eigenvalue weighted by Crippen LogP contribution is -2.40. The van der Waals surface area contributed by atoms with Crippen LogP contribution in [0.1, 0.15) is 17.9 Å². The Bertz CT molecular complexity index is 319. The molecule has 1 saturated heterocycles. The number of hydrogen-bond donors (Lipinski definition) is 2. The summed E-state index contributed by atoms with van der Waals surface area (Å²) in [6.07, 6.45) is 2.41. The molecule has 1 unspecified atom stereocenters. The Hall–Kier alpha value is -0.840. The summed E-state index contributed by atoms with van der Waals surface area (Å²) in [5.41, 5.74) is 0. The van der Waals surface area contributed by atoms with E-state index >= 15 is 0 Å². The quantitative estimate of drug-likeness (QED) is 0.729. The molecule has 0 saturated carbocycles. The highest BCUT2D eigenvalue weighted by molar-refractivity contribution is 5.05. The molecule has 2 heterocycles. The number of rotatable bonds is 6. The molecule has 0 radical (unpaired) electrons.